The second kappa shape index (κ2) is 9.58. The minimum absolute atomic E-state index is 0. The Kier molecular flexibility index (Phi) is 7.18. The van der Waals surface area contributed by atoms with Gasteiger partial charge in [-0.3, -0.25) is 0 Å². The largest absolute Gasteiger partial charge is 2.00 e. The van der Waals surface area contributed by atoms with Crippen LogP contribution in [-0.4, -0.2) is 11.1 Å². The van der Waals surface area contributed by atoms with Crippen molar-refractivity contribution >= 4 is 11.7 Å². The van der Waals surface area contributed by atoms with E-state index in [1.54, 1.807) is 18.2 Å². The number of nitrogen functional groups attached to an aromatic ring is 1. The SMILES string of the molecule is Nc1ccc(-c2cc(-[c-]3cccc3)ccc2C(=O)O)cc1.[Fe+2].c1cc[cH-]c1. The summed E-state index contributed by atoms with van der Waals surface area (Å²) >= 11 is 0. The van der Waals surface area contributed by atoms with Gasteiger partial charge in [0.15, 0.2) is 0 Å². The van der Waals surface area contributed by atoms with Crippen LogP contribution in [0.15, 0.2) is 97.1 Å². The fourth-order valence-electron chi connectivity index (χ4n) is 2.70. The van der Waals surface area contributed by atoms with Crippen LogP contribution in [0, 0.1) is 0 Å². The summed E-state index contributed by atoms with van der Waals surface area (Å²) in [6, 6.07) is 30.5. The summed E-state index contributed by atoms with van der Waals surface area (Å²) in [6.07, 6.45) is 0. The van der Waals surface area contributed by atoms with E-state index in [1.165, 1.54) is 0 Å². The molecule has 0 radical (unpaired) electrons. The van der Waals surface area contributed by atoms with E-state index in [0.717, 1.165) is 16.7 Å². The molecule has 0 bridgehead atoms. The molecule has 3 N–H and O–H groups in total. The number of carbonyl (C=O) groups is 1. The molecule has 0 aliphatic carbocycles. The molecule has 0 unspecified atom stereocenters. The van der Waals surface area contributed by atoms with E-state index >= 15 is 0 Å². The van der Waals surface area contributed by atoms with E-state index in [0.29, 0.717) is 11.3 Å². The topological polar surface area (TPSA) is 63.3 Å². The zero-order valence-electron chi connectivity index (χ0n) is 14.5. The molecule has 0 aromatic heterocycles. The van der Waals surface area contributed by atoms with Crippen molar-refractivity contribution in [1.82, 2.24) is 0 Å². The molecule has 0 aliphatic rings. The van der Waals surface area contributed by atoms with Crippen LogP contribution in [0.1, 0.15) is 10.4 Å². The van der Waals surface area contributed by atoms with Crippen molar-refractivity contribution in [3.63, 3.8) is 0 Å². The Balaban J connectivity index is 0.000000379. The number of benzene rings is 2. The Hall–Kier alpha value is -3.07. The van der Waals surface area contributed by atoms with Gasteiger partial charge in [0, 0.05) is 5.69 Å². The van der Waals surface area contributed by atoms with Crippen molar-refractivity contribution in [2.24, 2.45) is 0 Å². The summed E-state index contributed by atoms with van der Waals surface area (Å²) < 4.78 is 0. The maximum atomic E-state index is 11.4. The number of aromatic carboxylic acids is 1. The third-order valence-corrected chi connectivity index (χ3v) is 4.02. The van der Waals surface area contributed by atoms with Crippen LogP contribution in [-0.2, 0) is 17.1 Å². The monoisotopic (exact) mass is 397 g/mol. The first-order chi connectivity index (χ1) is 12.6. The molecular formula is C23H19FeNO2. The Morgan fingerprint density at radius 1 is 0.926 bits per heavy atom. The second-order valence-corrected chi connectivity index (χ2v) is 5.82. The molecule has 0 amide bonds. The number of nitrogens with two attached hydrogens (primary N) is 1. The summed E-state index contributed by atoms with van der Waals surface area (Å²) in [5.41, 5.74) is 10.2. The summed E-state index contributed by atoms with van der Waals surface area (Å²) in [4.78, 5) is 11.4. The molecule has 4 aromatic rings. The van der Waals surface area contributed by atoms with Gasteiger partial charge >= 0.3 is 23.0 Å². The Morgan fingerprint density at radius 2 is 1.56 bits per heavy atom. The number of carboxylic acids is 1. The molecule has 0 spiro atoms. The van der Waals surface area contributed by atoms with E-state index in [4.69, 9.17) is 5.73 Å². The third kappa shape index (κ3) is 5.20. The van der Waals surface area contributed by atoms with Gasteiger partial charge in [-0.05, 0) is 23.3 Å². The molecule has 0 saturated carbocycles. The maximum absolute atomic E-state index is 11.4. The molecule has 4 aromatic carbocycles. The molecular weight excluding hydrogens is 378 g/mol. The van der Waals surface area contributed by atoms with Gasteiger partial charge in [-0.2, -0.15) is 30.3 Å². The van der Waals surface area contributed by atoms with Crippen LogP contribution < -0.4 is 5.73 Å². The van der Waals surface area contributed by atoms with Gasteiger partial charge in [0.2, 0.25) is 0 Å². The van der Waals surface area contributed by atoms with E-state index in [2.05, 4.69) is 0 Å². The van der Waals surface area contributed by atoms with Crippen molar-refractivity contribution in [3.8, 4) is 22.3 Å². The molecule has 0 aliphatic heterocycles. The minimum atomic E-state index is -0.934. The van der Waals surface area contributed by atoms with Gasteiger partial charge in [0.25, 0.3) is 0 Å². The second-order valence-electron chi connectivity index (χ2n) is 5.82. The normalized spacial score (nSPS) is 9.63. The first kappa shape index (κ1) is 20.2. The van der Waals surface area contributed by atoms with Crippen molar-refractivity contribution in [2.75, 3.05) is 5.73 Å². The van der Waals surface area contributed by atoms with E-state index in [1.807, 2.05) is 78.9 Å². The van der Waals surface area contributed by atoms with Crippen LogP contribution in [0.4, 0.5) is 5.69 Å². The fourth-order valence-corrected chi connectivity index (χ4v) is 2.70. The molecule has 0 fully saturated rings. The van der Waals surface area contributed by atoms with Crippen LogP contribution in [0.5, 0.6) is 0 Å². The number of rotatable bonds is 3. The molecule has 3 nitrogen and oxygen atoms in total. The predicted octanol–water partition coefficient (Wildman–Crippen LogP) is 5.42. The average molecular weight is 397 g/mol. The first-order valence-corrected chi connectivity index (χ1v) is 8.27. The smallest absolute Gasteiger partial charge is 0.478 e. The fraction of sp³-hybridized carbons (Fsp3) is 0. The zero-order chi connectivity index (χ0) is 18.4. The average Bonchev–Trinajstić information content (AvgIpc) is 3.38. The number of hydrogen-bond donors (Lipinski definition) is 2. The number of carboxylic acid groups (broad SMARTS) is 1. The number of hydrogen-bond acceptors (Lipinski definition) is 2. The first-order valence-electron chi connectivity index (χ1n) is 8.27. The molecule has 4 rings (SSSR count). The Labute approximate surface area is 169 Å². The molecule has 0 heterocycles. The molecule has 0 atom stereocenters. The predicted molar refractivity (Wildman–Crippen MR) is 106 cm³/mol. The van der Waals surface area contributed by atoms with Gasteiger partial charge in [0.05, 0.1) is 5.56 Å². The minimum Gasteiger partial charge on any atom is -0.478 e. The summed E-state index contributed by atoms with van der Waals surface area (Å²) in [6.45, 7) is 0. The molecule has 4 heteroatoms. The molecule has 0 saturated heterocycles. The summed E-state index contributed by atoms with van der Waals surface area (Å²) in [7, 11) is 0. The van der Waals surface area contributed by atoms with Gasteiger partial charge < -0.3 is 10.8 Å². The van der Waals surface area contributed by atoms with Crippen LogP contribution in [0.2, 0.25) is 0 Å². The van der Waals surface area contributed by atoms with Crippen LogP contribution in [0.25, 0.3) is 22.3 Å². The van der Waals surface area contributed by atoms with Crippen molar-refractivity contribution < 1.29 is 27.0 Å². The van der Waals surface area contributed by atoms with Gasteiger partial charge in [-0.25, -0.2) is 16.9 Å². The Bertz CT molecular complexity index is 939. The zero-order valence-corrected chi connectivity index (χ0v) is 15.6. The molecule has 27 heavy (non-hydrogen) atoms. The summed E-state index contributed by atoms with van der Waals surface area (Å²) in [5, 5.41) is 9.38. The maximum Gasteiger partial charge on any atom is 2.00 e. The van der Waals surface area contributed by atoms with Crippen molar-refractivity contribution in [3.05, 3.63) is 103 Å². The Morgan fingerprint density at radius 3 is 2.07 bits per heavy atom. The van der Waals surface area contributed by atoms with E-state index < -0.39 is 5.97 Å². The quantitative estimate of drug-likeness (QED) is 0.276. The van der Waals surface area contributed by atoms with Crippen LogP contribution in [0.3, 0.4) is 0 Å². The summed E-state index contributed by atoms with van der Waals surface area (Å²) in [5.74, 6) is -0.934. The molecule has 136 valence electrons. The van der Waals surface area contributed by atoms with E-state index in [-0.39, 0.29) is 22.6 Å². The third-order valence-electron chi connectivity index (χ3n) is 4.02. The van der Waals surface area contributed by atoms with Gasteiger partial charge in [0.1, 0.15) is 0 Å². The van der Waals surface area contributed by atoms with Crippen molar-refractivity contribution in [2.45, 2.75) is 0 Å². The van der Waals surface area contributed by atoms with E-state index in [9.17, 15) is 9.90 Å². The van der Waals surface area contributed by atoms with Crippen molar-refractivity contribution in [1.29, 1.82) is 0 Å². The van der Waals surface area contributed by atoms with Gasteiger partial charge in [-0.15, -0.1) is 29.8 Å². The van der Waals surface area contributed by atoms with Crippen LogP contribution >= 0.6 is 0 Å². The van der Waals surface area contributed by atoms with Gasteiger partial charge in [-0.1, -0.05) is 23.8 Å². The standard InChI is InChI=1S/C18H14NO2.C5H5.Fe/c19-15-8-5-13(6-9-15)17-11-14(12-3-1-2-4-12)7-10-16(17)18(20)21;1-2-4-5-3-1;/h1-11H,19H2,(H,20,21);1-5H;/q2*-1;+2. The number of anilines is 1.